The fourth-order valence-corrected chi connectivity index (χ4v) is 2.21. The van der Waals surface area contributed by atoms with E-state index in [0.29, 0.717) is 0 Å². The fraction of sp³-hybridized carbons (Fsp3) is 0.429. The second kappa shape index (κ2) is 4.80. The van der Waals surface area contributed by atoms with Crippen LogP contribution in [0.5, 0.6) is 5.75 Å². The molecule has 1 aromatic heterocycles. The highest BCUT2D eigenvalue weighted by Gasteiger charge is 2.17. The Morgan fingerprint density at radius 3 is 2.82 bits per heavy atom. The molecular formula is C14H19NO2. The maximum atomic E-state index is 5.95. The fourth-order valence-electron chi connectivity index (χ4n) is 2.21. The maximum Gasteiger partial charge on any atom is 0.176 e. The van der Waals surface area contributed by atoms with Gasteiger partial charge >= 0.3 is 0 Å². The van der Waals surface area contributed by atoms with Gasteiger partial charge in [-0.1, -0.05) is 19.1 Å². The molecule has 2 rings (SSSR count). The van der Waals surface area contributed by atoms with E-state index in [0.717, 1.165) is 29.0 Å². The number of fused-ring (bicyclic) bond motifs is 1. The molecule has 1 heterocycles. The summed E-state index contributed by atoms with van der Waals surface area (Å²) in [6.07, 6.45) is 0. The standard InChI is InChI=1S/C14H19NO2/c1-5-15-10(3)13-9(2)11-7-6-8-12(16-4)14(11)17-13/h6-8,10,15H,5H2,1-4H3. The highest BCUT2D eigenvalue weighted by Crippen LogP contribution is 2.34. The molecule has 1 aromatic carbocycles. The van der Waals surface area contributed by atoms with Crippen LogP contribution in [0.15, 0.2) is 22.6 Å². The van der Waals surface area contributed by atoms with E-state index >= 15 is 0 Å². The molecule has 17 heavy (non-hydrogen) atoms. The van der Waals surface area contributed by atoms with Crippen molar-refractivity contribution in [1.29, 1.82) is 0 Å². The van der Waals surface area contributed by atoms with Crippen LogP contribution in [0.1, 0.15) is 31.2 Å². The molecule has 0 aliphatic carbocycles. The minimum absolute atomic E-state index is 0.220. The van der Waals surface area contributed by atoms with E-state index in [2.05, 4.69) is 32.2 Å². The van der Waals surface area contributed by atoms with Gasteiger partial charge in [-0.05, 0) is 26.5 Å². The highest BCUT2D eigenvalue weighted by molar-refractivity contribution is 5.87. The first kappa shape index (κ1) is 12.0. The van der Waals surface area contributed by atoms with Crippen molar-refractivity contribution < 1.29 is 9.15 Å². The predicted octanol–water partition coefficient (Wildman–Crippen LogP) is 3.42. The number of furan rings is 1. The summed E-state index contributed by atoms with van der Waals surface area (Å²) in [4.78, 5) is 0. The number of hydrogen-bond donors (Lipinski definition) is 1. The SMILES string of the molecule is CCNC(C)c1oc2c(OC)cccc2c1C. The van der Waals surface area contributed by atoms with Crippen molar-refractivity contribution in [2.45, 2.75) is 26.8 Å². The van der Waals surface area contributed by atoms with Crippen LogP contribution < -0.4 is 10.1 Å². The molecule has 0 amide bonds. The van der Waals surface area contributed by atoms with Gasteiger partial charge in [0.1, 0.15) is 5.76 Å². The van der Waals surface area contributed by atoms with Gasteiger partial charge in [-0.3, -0.25) is 0 Å². The Hall–Kier alpha value is -1.48. The summed E-state index contributed by atoms with van der Waals surface area (Å²) in [5.74, 6) is 1.78. The van der Waals surface area contributed by atoms with Crippen LogP contribution in [0, 0.1) is 6.92 Å². The third kappa shape index (κ3) is 2.03. The molecule has 3 nitrogen and oxygen atoms in total. The molecule has 0 radical (unpaired) electrons. The van der Waals surface area contributed by atoms with Crippen molar-refractivity contribution in [3.63, 3.8) is 0 Å². The summed E-state index contributed by atoms with van der Waals surface area (Å²) in [6.45, 7) is 7.22. The van der Waals surface area contributed by atoms with E-state index in [4.69, 9.17) is 9.15 Å². The molecule has 3 heteroatoms. The van der Waals surface area contributed by atoms with Crippen molar-refractivity contribution >= 4 is 11.0 Å². The van der Waals surface area contributed by atoms with Crippen molar-refractivity contribution in [3.8, 4) is 5.75 Å². The Balaban J connectivity index is 2.56. The van der Waals surface area contributed by atoms with Crippen molar-refractivity contribution in [1.82, 2.24) is 5.32 Å². The van der Waals surface area contributed by atoms with Crippen LogP contribution in [0.4, 0.5) is 0 Å². The summed E-state index contributed by atoms with van der Waals surface area (Å²) >= 11 is 0. The number of rotatable bonds is 4. The van der Waals surface area contributed by atoms with Crippen LogP contribution in [0.2, 0.25) is 0 Å². The van der Waals surface area contributed by atoms with Gasteiger partial charge in [0.25, 0.3) is 0 Å². The lowest BCUT2D eigenvalue weighted by molar-refractivity contribution is 0.400. The number of methoxy groups -OCH3 is 1. The number of aryl methyl sites for hydroxylation is 1. The summed E-state index contributed by atoms with van der Waals surface area (Å²) in [5, 5.41) is 4.50. The molecule has 2 aromatic rings. The van der Waals surface area contributed by atoms with Crippen molar-refractivity contribution in [2.75, 3.05) is 13.7 Å². The van der Waals surface area contributed by atoms with Gasteiger partial charge in [0.05, 0.1) is 13.2 Å². The molecule has 0 aliphatic heterocycles. The lowest BCUT2D eigenvalue weighted by Gasteiger charge is -2.09. The smallest absolute Gasteiger partial charge is 0.176 e. The van der Waals surface area contributed by atoms with Gasteiger partial charge in [0.2, 0.25) is 0 Å². The van der Waals surface area contributed by atoms with Gasteiger partial charge in [-0.25, -0.2) is 0 Å². The predicted molar refractivity (Wildman–Crippen MR) is 69.6 cm³/mol. The van der Waals surface area contributed by atoms with Gasteiger partial charge < -0.3 is 14.5 Å². The monoisotopic (exact) mass is 233 g/mol. The van der Waals surface area contributed by atoms with Crippen LogP contribution in [0.3, 0.4) is 0 Å². The molecule has 92 valence electrons. The Labute approximate surface area is 102 Å². The third-order valence-corrected chi connectivity index (χ3v) is 3.09. The lowest BCUT2D eigenvalue weighted by Crippen LogP contribution is -2.17. The zero-order chi connectivity index (χ0) is 12.4. The van der Waals surface area contributed by atoms with Crippen LogP contribution >= 0.6 is 0 Å². The first-order chi connectivity index (χ1) is 8.19. The summed E-state index contributed by atoms with van der Waals surface area (Å²) < 4.78 is 11.3. The zero-order valence-corrected chi connectivity index (χ0v) is 10.8. The van der Waals surface area contributed by atoms with E-state index in [1.807, 2.05) is 12.1 Å². The second-order valence-corrected chi connectivity index (χ2v) is 4.21. The Morgan fingerprint density at radius 2 is 2.18 bits per heavy atom. The van der Waals surface area contributed by atoms with E-state index in [9.17, 15) is 0 Å². The van der Waals surface area contributed by atoms with E-state index in [-0.39, 0.29) is 6.04 Å². The first-order valence-electron chi connectivity index (χ1n) is 5.98. The highest BCUT2D eigenvalue weighted by atomic mass is 16.5. The Morgan fingerprint density at radius 1 is 1.41 bits per heavy atom. The number of hydrogen-bond acceptors (Lipinski definition) is 3. The molecule has 1 atom stereocenters. The Kier molecular flexibility index (Phi) is 3.38. The zero-order valence-electron chi connectivity index (χ0n) is 10.8. The minimum Gasteiger partial charge on any atom is -0.493 e. The van der Waals surface area contributed by atoms with Gasteiger partial charge in [0.15, 0.2) is 11.3 Å². The topological polar surface area (TPSA) is 34.4 Å². The lowest BCUT2D eigenvalue weighted by atomic mass is 10.1. The maximum absolute atomic E-state index is 5.95. The number of ether oxygens (including phenoxy) is 1. The molecule has 0 saturated heterocycles. The molecule has 0 fully saturated rings. The van der Waals surface area contributed by atoms with Crippen LogP contribution in [0.25, 0.3) is 11.0 Å². The average molecular weight is 233 g/mol. The summed E-state index contributed by atoms with van der Waals surface area (Å²) in [7, 11) is 1.67. The number of para-hydroxylation sites is 1. The Bertz CT molecular complexity index is 516. The number of benzene rings is 1. The van der Waals surface area contributed by atoms with Gasteiger partial charge in [0, 0.05) is 10.9 Å². The quantitative estimate of drug-likeness (QED) is 0.878. The van der Waals surface area contributed by atoms with E-state index in [1.54, 1.807) is 7.11 Å². The molecule has 0 aliphatic rings. The van der Waals surface area contributed by atoms with Crippen molar-refractivity contribution in [2.24, 2.45) is 0 Å². The summed E-state index contributed by atoms with van der Waals surface area (Å²) in [5.41, 5.74) is 2.03. The second-order valence-electron chi connectivity index (χ2n) is 4.21. The number of nitrogens with one attached hydrogen (secondary N) is 1. The van der Waals surface area contributed by atoms with Gasteiger partial charge in [-0.2, -0.15) is 0 Å². The normalized spacial score (nSPS) is 12.9. The third-order valence-electron chi connectivity index (χ3n) is 3.09. The molecule has 0 saturated carbocycles. The molecule has 1 unspecified atom stereocenters. The molecule has 1 N–H and O–H groups in total. The van der Waals surface area contributed by atoms with Gasteiger partial charge in [-0.15, -0.1) is 0 Å². The minimum atomic E-state index is 0.220. The first-order valence-corrected chi connectivity index (χ1v) is 5.98. The largest absolute Gasteiger partial charge is 0.493 e. The van der Waals surface area contributed by atoms with Crippen LogP contribution in [-0.4, -0.2) is 13.7 Å². The molecule has 0 spiro atoms. The van der Waals surface area contributed by atoms with E-state index < -0.39 is 0 Å². The van der Waals surface area contributed by atoms with E-state index in [1.165, 1.54) is 5.56 Å². The molecule has 0 bridgehead atoms. The van der Waals surface area contributed by atoms with Crippen molar-refractivity contribution in [3.05, 3.63) is 29.5 Å². The molecular weight excluding hydrogens is 214 g/mol. The average Bonchev–Trinajstić information content (AvgIpc) is 2.67. The van der Waals surface area contributed by atoms with Crippen LogP contribution in [-0.2, 0) is 0 Å². The summed E-state index contributed by atoms with van der Waals surface area (Å²) in [6, 6.07) is 6.20.